The average molecular weight is 485 g/mol. The van der Waals surface area contributed by atoms with Crippen LogP contribution in [0.1, 0.15) is 22.7 Å². The van der Waals surface area contributed by atoms with Gasteiger partial charge in [0.25, 0.3) is 11.7 Å². The predicted molar refractivity (Wildman–Crippen MR) is 132 cm³/mol. The van der Waals surface area contributed by atoms with Crippen molar-refractivity contribution in [2.24, 2.45) is 0 Å². The summed E-state index contributed by atoms with van der Waals surface area (Å²) in [7, 11) is 0. The lowest BCUT2D eigenvalue weighted by molar-refractivity contribution is -0.140. The number of carbonyl (C=O) groups excluding carboxylic acids is 2. The van der Waals surface area contributed by atoms with Crippen molar-refractivity contribution >= 4 is 17.4 Å². The Morgan fingerprint density at radius 3 is 2.64 bits per heavy atom. The molecular weight excluding hydrogens is 460 g/mol. The van der Waals surface area contributed by atoms with Crippen LogP contribution in [0.2, 0.25) is 0 Å². The van der Waals surface area contributed by atoms with Crippen molar-refractivity contribution in [1.29, 1.82) is 0 Å². The number of amides is 1. The Balaban J connectivity index is 1.62. The second-order valence-electron chi connectivity index (χ2n) is 8.31. The topological polar surface area (TPSA) is 98.2 Å². The van der Waals surface area contributed by atoms with Crippen LogP contribution in [0.25, 0.3) is 5.76 Å². The molecule has 1 amide bonds. The number of pyridine rings is 1. The van der Waals surface area contributed by atoms with Gasteiger partial charge >= 0.3 is 0 Å². The van der Waals surface area contributed by atoms with Gasteiger partial charge in [0, 0.05) is 24.5 Å². The van der Waals surface area contributed by atoms with Gasteiger partial charge in [-0.3, -0.25) is 14.6 Å². The SMILES string of the molecule is C=CCOc1cccc(C2/C(=C(/O)c3ccc4c(c3)OCCO4)C(=O)C(=O)N2Cc2ccncc2)c1. The molecule has 2 aromatic carbocycles. The number of aliphatic hydroxyl groups is 1. The molecular formula is C28H24N2O6. The fourth-order valence-electron chi connectivity index (χ4n) is 4.35. The molecule has 1 saturated heterocycles. The summed E-state index contributed by atoms with van der Waals surface area (Å²) in [4.78, 5) is 32.1. The van der Waals surface area contributed by atoms with Crippen LogP contribution in [-0.2, 0) is 16.1 Å². The smallest absolute Gasteiger partial charge is 0.295 e. The Hall–Kier alpha value is -4.59. The predicted octanol–water partition coefficient (Wildman–Crippen LogP) is 4.04. The van der Waals surface area contributed by atoms with E-state index in [0.717, 1.165) is 5.56 Å². The Morgan fingerprint density at radius 2 is 1.86 bits per heavy atom. The summed E-state index contributed by atoms with van der Waals surface area (Å²) in [6.45, 7) is 4.94. The average Bonchev–Trinajstić information content (AvgIpc) is 3.17. The molecule has 36 heavy (non-hydrogen) atoms. The van der Waals surface area contributed by atoms with Crippen molar-refractivity contribution in [2.75, 3.05) is 19.8 Å². The van der Waals surface area contributed by atoms with Crippen molar-refractivity contribution in [3.05, 3.63) is 102 Å². The summed E-state index contributed by atoms with van der Waals surface area (Å²) in [6.07, 6.45) is 4.88. The van der Waals surface area contributed by atoms with Crippen LogP contribution in [0.3, 0.4) is 0 Å². The fourth-order valence-corrected chi connectivity index (χ4v) is 4.35. The van der Waals surface area contributed by atoms with Gasteiger partial charge in [-0.05, 0) is 53.6 Å². The molecule has 2 aliphatic heterocycles. The van der Waals surface area contributed by atoms with Crippen LogP contribution < -0.4 is 14.2 Å². The molecule has 2 aliphatic rings. The monoisotopic (exact) mass is 484 g/mol. The second kappa shape index (κ2) is 9.95. The third-order valence-electron chi connectivity index (χ3n) is 6.00. The number of aliphatic hydroxyl groups excluding tert-OH is 1. The molecule has 3 aromatic rings. The molecule has 3 heterocycles. The first-order valence-corrected chi connectivity index (χ1v) is 11.5. The highest BCUT2D eigenvalue weighted by molar-refractivity contribution is 6.46. The molecule has 8 heteroatoms. The Morgan fingerprint density at radius 1 is 1.08 bits per heavy atom. The minimum Gasteiger partial charge on any atom is -0.507 e. The fraction of sp³-hybridized carbons (Fsp3) is 0.179. The summed E-state index contributed by atoms with van der Waals surface area (Å²) in [5, 5.41) is 11.4. The summed E-state index contributed by atoms with van der Waals surface area (Å²) in [6, 6.07) is 14.8. The molecule has 0 bridgehead atoms. The molecule has 1 atom stereocenters. The van der Waals surface area contributed by atoms with E-state index in [1.807, 2.05) is 0 Å². The molecule has 0 aliphatic carbocycles. The van der Waals surface area contributed by atoms with Gasteiger partial charge in [0.1, 0.15) is 31.3 Å². The number of aromatic nitrogens is 1. The van der Waals surface area contributed by atoms with Crippen molar-refractivity contribution in [2.45, 2.75) is 12.6 Å². The molecule has 5 rings (SSSR count). The highest BCUT2D eigenvalue weighted by Gasteiger charge is 2.46. The van der Waals surface area contributed by atoms with E-state index in [1.54, 1.807) is 73.1 Å². The quantitative estimate of drug-likeness (QED) is 0.234. The van der Waals surface area contributed by atoms with Gasteiger partial charge in [0.05, 0.1) is 11.6 Å². The normalized spacial score (nSPS) is 18.2. The molecule has 0 spiro atoms. The molecule has 1 N–H and O–H groups in total. The van der Waals surface area contributed by atoms with Gasteiger partial charge in [0.15, 0.2) is 11.5 Å². The highest BCUT2D eigenvalue weighted by Crippen LogP contribution is 2.42. The number of hydrogen-bond acceptors (Lipinski definition) is 7. The Kier molecular flexibility index (Phi) is 6.40. The van der Waals surface area contributed by atoms with Crippen LogP contribution >= 0.6 is 0 Å². The Bertz CT molecular complexity index is 1350. The molecule has 0 saturated carbocycles. The van der Waals surface area contributed by atoms with Crippen LogP contribution in [0.4, 0.5) is 0 Å². The third kappa shape index (κ3) is 4.40. The summed E-state index contributed by atoms with van der Waals surface area (Å²) >= 11 is 0. The number of nitrogens with zero attached hydrogens (tertiary/aromatic N) is 2. The van der Waals surface area contributed by atoms with Gasteiger partial charge < -0.3 is 24.2 Å². The number of fused-ring (bicyclic) bond motifs is 1. The zero-order valence-corrected chi connectivity index (χ0v) is 19.4. The van der Waals surface area contributed by atoms with Gasteiger partial charge in [-0.1, -0.05) is 24.8 Å². The van der Waals surface area contributed by atoms with E-state index in [2.05, 4.69) is 11.6 Å². The Labute approximate surface area is 208 Å². The van der Waals surface area contributed by atoms with Gasteiger partial charge in [0.2, 0.25) is 0 Å². The van der Waals surface area contributed by atoms with Crippen molar-refractivity contribution in [1.82, 2.24) is 9.88 Å². The van der Waals surface area contributed by atoms with Crippen LogP contribution in [0, 0.1) is 0 Å². The largest absolute Gasteiger partial charge is 0.507 e. The van der Waals surface area contributed by atoms with Gasteiger partial charge in [-0.2, -0.15) is 0 Å². The van der Waals surface area contributed by atoms with E-state index in [-0.39, 0.29) is 17.9 Å². The van der Waals surface area contributed by atoms with E-state index in [0.29, 0.717) is 48.2 Å². The van der Waals surface area contributed by atoms with E-state index in [1.165, 1.54) is 4.90 Å². The van der Waals surface area contributed by atoms with E-state index in [4.69, 9.17) is 14.2 Å². The number of Topliss-reactive ketones (excluding diaryl/α,β-unsaturated/α-hetero) is 1. The first kappa shape index (κ1) is 23.2. The maximum absolute atomic E-state index is 13.3. The zero-order valence-electron chi connectivity index (χ0n) is 19.4. The maximum atomic E-state index is 13.3. The van der Waals surface area contributed by atoms with Crippen molar-refractivity contribution in [3.8, 4) is 17.2 Å². The molecule has 182 valence electrons. The number of rotatable bonds is 7. The summed E-state index contributed by atoms with van der Waals surface area (Å²) in [5.41, 5.74) is 1.77. The van der Waals surface area contributed by atoms with E-state index < -0.39 is 17.7 Å². The van der Waals surface area contributed by atoms with Crippen molar-refractivity contribution in [3.63, 3.8) is 0 Å². The lowest BCUT2D eigenvalue weighted by Gasteiger charge is -2.26. The maximum Gasteiger partial charge on any atom is 0.295 e. The lowest BCUT2D eigenvalue weighted by Crippen LogP contribution is -2.29. The molecule has 1 fully saturated rings. The third-order valence-corrected chi connectivity index (χ3v) is 6.00. The van der Waals surface area contributed by atoms with Gasteiger partial charge in [-0.25, -0.2) is 0 Å². The number of carbonyl (C=O) groups is 2. The van der Waals surface area contributed by atoms with Crippen LogP contribution in [0.15, 0.2) is 85.2 Å². The first-order chi connectivity index (χ1) is 17.6. The van der Waals surface area contributed by atoms with Gasteiger partial charge in [-0.15, -0.1) is 0 Å². The molecule has 1 unspecified atom stereocenters. The number of likely N-dealkylation sites (tertiary alicyclic amines) is 1. The van der Waals surface area contributed by atoms with E-state index in [9.17, 15) is 14.7 Å². The number of ether oxygens (including phenoxy) is 3. The molecule has 1 aromatic heterocycles. The first-order valence-electron chi connectivity index (χ1n) is 11.5. The summed E-state index contributed by atoms with van der Waals surface area (Å²) in [5.74, 6) is -0.175. The number of hydrogen-bond donors (Lipinski definition) is 1. The second-order valence-corrected chi connectivity index (χ2v) is 8.31. The van der Waals surface area contributed by atoms with E-state index >= 15 is 0 Å². The lowest BCUT2D eigenvalue weighted by atomic mass is 9.95. The molecule has 0 radical (unpaired) electrons. The minimum atomic E-state index is -0.835. The van der Waals surface area contributed by atoms with Crippen molar-refractivity contribution < 1.29 is 28.9 Å². The highest BCUT2D eigenvalue weighted by atomic mass is 16.6. The van der Waals surface area contributed by atoms with Crippen LogP contribution in [-0.4, -0.2) is 46.5 Å². The number of benzene rings is 2. The number of ketones is 1. The zero-order chi connectivity index (χ0) is 25.1. The minimum absolute atomic E-state index is 0.00777. The van der Waals surface area contributed by atoms with Crippen LogP contribution in [0.5, 0.6) is 17.2 Å². The molecule has 8 nitrogen and oxygen atoms in total. The standard InChI is InChI=1S/C28H24N2O6/c1-2-12-34-21-5-3-4-19(15-21)25-24(26(31)20-6-7-22-23(16-20)36-14-13-35-22)27(32)28(33)30(25)17-18-8-10-29-11-9-18/h2-11,15-16,25,31H,1,12-14,17H2/b26-24-. The summed E-state index contributed by atoms with van der Waals surface area (Å²) < 4.78 is 16.9.